The molecule has 1 amide bonds. The number of rotatable bonds is 7. The van der Waals surface area contributed by atoms with Crippen LogP contribution in [0.5, 0.6) is 0 Å². The fourth-order valence-electron chi connectivity index (χ4n) is 4.32. The summed E-state index contributed by atoms with van der Waals surface area (Å²) in [6, 6.07) is 25.9. The predicted octanol–water partition coefficient (Wildman–Crippen LogP) is 5.72. The van der Waals surface area contributed by atoms with Gasteiger partial charge in [0.15, 0.2) is 0 Å². The molecule has 5 rings (SSSR count). The van der Waals surface area contributed by atoms with Crippen LogP contribution in [0.25, 0.3) is 16.9 Å². The molecule has 2 heterocycles. The Morgan fingerprint density at radius 2 is 1.58 bits per heavy atom. The minimum Gasteiger partial charge on any atom is -0.312 e. The van der Waals surface area contributed by atoms with E-state index in [4.69, 9.17) is 0 Å². The van der Waals surface area contributed by atoms with Gasteiger partial charge in [-0.25, -0.2) is 14.1 Å². The summed E-state index contributed by atoms with van der Waals surface area (Å²) in [6.07, 6.45) is 1.87. The van der Waals surface area contributed by atoms with Crippen molar-refractivity contribution < 1.29 is 9.18 Å². The molecule has 180 valence electrons. The van der Waals surface area contributed by atoms with Crippen molar-refractivity contribution >= 4 is 11.7 Å². The highest BCUT2D eigenvalue weighted by molar-refractivity contribution is 5.95. The van der Waals surface area contributed by atoms with E-state index in [9.17, 15) is 9.18 Å². The molecule has 0 saturated carbocycles. The molecule has 0 bridgehead atoms. The number of anilines is 1. The van der Waals surface area contributed by atoms with E-state index in [1.807, 2.05) is 83.8 Å². The molecule has 7 heteroatoms. The van der Waals surface area contributed by atoms with E-state index in [2.05, 4.69) is 15.4 Å². The number of hydrogen-bond donors (Lipinski definition) is 1. The Bertz CT molecular complexity index is 1490. The number of nitrogens with zero attached hydrogens (tertiary/aromatic N) is 4. The number of aryl methyl sites for hydroxylation is 1. The van der Waals surface area contributed by atoms with Crippen LogP contribution in [0.15, 0.2) is 91.3 Å². The fourth-order valence-corrected chi connectivity index (χ4v) is 4.32. The van der Waals surface area contributed by atoms with Crippen molar-refractivity contribution in [1.29, 1.82) is 0 Å². The zero-order chi connectivity index (χ0) is 25.1. The maximum absolute atomic E-state index is 13.5. The molecule has 0 aliphatic heterocycles. The van der Waals surface area contributed by atoms with E-state index in [1.165, 1.54) is 12.1 Å². The smallest absolute Gasteiger partial charge is 0.230 e. The first-order valence-electron chi connectivity index (χ1n) is 11.7. The number of imidazole rings is 1. The first kappa shape index (κ1) is 23.2. The van der Waals surface area contributed by atoms with Gasteiger partial charge in [0, 0.05) is 16.8 Å². The van der Waals surface area contributed by atoms with Crippen molar-refractivity contribution in [3.63, 3.8) is 0 Å². The Labute approximate surface area is 209 Å². The minimum atomic E-state index is -0.325. The van der Waals surface area contributed by atoms with Crippen LogP contribution >= 0.6 is 0 Å². The summed E-state index contributed by atoms with van der Waals surface area (Å²) in [5.41, 5.74) is 5.95. The number of carbonyl (C=O) groups is 1. The van der Waals surface area contributed by atoms with Gasteiger partial charge < -0.3 is 9.88 Å². The van der Waals surface area contributed by atoms with E-state index in [0.717, 1.165) is 33.8 Å². The first-order chi connectivity index (χ1) is 17.5. The maximum Gasteiger partial charge on any atom is 0.230 e. The molecular weight excluding hydrogens is 453 g/mol. The van der Waals surface area contributed by atoms with Crippen molar-refractivity contribution in [2.75, 3.05) is 5.32 Å². The summed E-state index contributed by atoms with van der Waals surface area (Å²) in [6.45, 7) is 4.42. The summed E-state index contributed by atoms with van der Waals surface area (Å²) >= 11 is 0. The van der Waals surface area contributed by atoms with Crippen LogP contribution < -0.4 is 5.32 Å². The van der Waals surface area contributed by atoms with Gasteiger partial charge in [-0.05, 0) is 55.8 Å². The number of benzene rings is 3. The van der Waals surface area contributed by atoms with Gasteiger partial charge in [-0.1, -0.05) is 48.5 Å². The molecular formula is C29H26FN5O. The highest BCUT2D eigenvalue weighted by Gasteiger charge is 2.20. The van der Waals surface area contributed by atoms with Crippen LogP contribution in [0, 0.1) is 19.7 Å². The van der Waals surface area contributed by atoms with Crippen LogP contribution in [-0.2, 0) is 17.8 Å². The van der Waals surface area contributed by atoms with Crippen molar-refractivity contribution in [3.8, 4) is 16.9 Å². The third kappa shape index (κ3) is 4.81. The lowest BCUT2D eigenvalue weighted by atomic mass is 10.1. The number of nitrogens with one attached hydrogen (secondary N) is 1. The molecule has 0 spiro atoms. The highest BCUT2D eigenvalue weighted by atomic mass is 19.1. The largest absolute Gasteiger partial charge is 0.312 e. The summed E-state index contributed by atoms with van der Waals surface area (Å²) < 4.78 is 17.3. The monoisotopic (exact) mass is 479 g/mol. The van der Waals surface area contributed by atoms with Gasteiger partial charge in [0.25, 0.3) is 0 Å². The van der Waals surface area contributed by atoms with E-state index in [1.54, 1.807) is 18.5 Å². The van der Waals surface area contributed by atoms with E-state index >= 15 is 0 Å². The van der Waals surface area contributed by atoms with Crippen LogP contribution in [0.1, 0.15) is 22.5 Å². The number of halogens is 1. The predicted molar refractivity (Wildman–Crippen MR) is 139 cm³/mol. The normalized spacial score (nSPS) is 11.0. The molecule has 6 nitrogen and oxygen atoms in total. The van der Waals surface area contributed by atoms with E-state index in [-0.39, 0.29) is 18.1 Å². The second kappa shape index (κ2) is 10.00. The highest BCUT2D eigenvalue weighted by Crippen LogP contribution is 2.28. The van der Waals surface area contributed by atoms with Crippen LogP contribution in [0.2, 0.25) is 0 Å². The third-order valence-corrected chi connectivity index (χ3v) is 6.19. The summed E-state index contributed by atoms with van der Waals surface area (Å²) in [5, 5.41) is 7.74. The lowest BCUT2D eigenvalue weighted by molar-refractivity contribution is -0.115. The van der Waals surface area contributed by atoms with E-state index < -0.39 is 0 Å². The Morgan fingerprint density at radius 1 is 0.917 bits per heavy atom. The number of para-hydroxylation sites is 1. The zero-order valence-corrected chi connectivity index (χ0v) is 20.1. The lowest BCUT2D eigenvalue weighted by Crippen LogP contribution is -2.18. The maximum atomic E-state index is 13.5. The van der Waals surface area contributed by atoms with Crippen LogP contribution in [0.4, 0.5) is 10.2 Å². The molecule has 3 aromatic carbocycles. The van der Waals surface area contributed by atoms with Gasteiger partial charge in [0.1, 0.15) is 17.3 Å². The summed E-state index contributed by atoms with van der Waals surface area (Å²) in [7, 11) is 0. The van der Waals surface area contributed by atoms with Crippen molar-refractivity contribution in [1.82, 2.24) is 19.3 Å². The van der Waals surface area contributed by atoms with Gasteiger partial charge in [0.05, 0.1) is 30.7 Å². The third-order valence-electron chi connectivity index (χ3n) is 6.19. The van der Waals surface area contributed by atoms with Crippen molar-refractivity contribution in [2.45, 2.75) is 26.8 Å². The molecule has 0 saturated heterocycles. The topological polar surface area (TPSA) is 64.7 Å². The molecule has 5 aromatic rings. The quantitative estimate of drug-likeness (QED) is 0.325. The standard InChI is InChI=1S/C29H26FN5O/c1-20-26(21(2)35(33-20)25-11-7-4-8-12-25)17-27(36)32-29-28(23-13-15-24(30)16-14-23)31-19-34(29)18-22-9-5-3-6-10-22/h3-16,19H,17-18H2,1-2H3,(H,32,36). The summed E-state index contributed by atoms with van der Waals surface area (Å²) in [5.74, 6) is 0.0719. The molecule has 0 atom stereocenters. The molecule has 1 N–H and O–H groups in total. The molecule has 0 radical (unpaired) electrons. The SMILES string of the molecule is Cc1nn(-c2ccccc2)c(C)c1CC(=O)Nc1c(-c2ccc(F)cc2)ncn1Cc1ccccc1. The Hall–Kier alpha value is -4.52. The van der Waals surface area contributed by atoms with Crippen LogP contribution in [-0.4, -0.2) is 25.2 Å². The first-order valence-corrected chi connectivity index (χ1v) is 11.7. The van der Waals surface area contributed by atoms with Crippen molar-refractivity contribution in [2.24, 2.45) is 0 Å². The van der Waals surface area contributed by atoms with Gasteiger partial charge >= 0.3 is 0 Å². The van der Waals surface area contributed by atoms with Crippen molar-refractivity contribution in [3.05, 3.63) is 120 Å². The molecule has 0 unspecified atom stereocenters. The lowest BCUT2D eigenvalue weighted by Gasteiger charge is -2.12. The Balaban J connectivity index is 1.45. The Kier molecular flexibility index (Phi) is 6.45. The number of carbonyl (C=O) groups excluding carboxylic acids is 1. The Morgan fingerprint density at radius 3 is 2.28 bits per heavy atom. The van der Waals surface area contributed by atoms with Gasteiger partial charge in [-0.3, -0.25) is 4.79 Å². The summed E-state index contributed by atoms with van der Waals surface area (Å²) in [4.78, 5) is 17.9. The average Bonchev–Trinajstić information content (AvgIpc) is 3.41. The molecule has 0 aliphatic carbocycles. The molecule has 0 fully saturated rings. The number of amides is 1. The van der Waals surface area contributed by atoms with Gasteiger partial charge in [-0.2, -0.15) is 5.10 Å². The number of aromatic nitrogens is 4. The molecule has 36 heavy (non-hydrogen) atoms. The molecule has 2 aromatic heterocycles. The van der Waals surface area contributed by atoms with Crippen LogP contribution in [0.3, 0.4) is 0 Å². The van der Waals surface area contributed by atoms with E-state index in [0.29, 0.717) is 18.1 Å². The zero-order valence-electron chi connectivity index (χ0n) is 20.1. The number of hydrogen-bond acceptors (Lipinski definition) is 3. The average molecular weight is 480 g/mol. The fraction of sp³-hybridized carbons (Fsp3) is 0.138. The molecule has 0 aliphatic rings. The second-order valence-electron chi connectivity index (χ2n) is 8.68. The second-order valence-corrected chi connectivity index (χ2v) is 8.68. The minimum absolute atomic E-state index is 0.171. The van der Waals surface area contributed by atoms with Gasteiger partial charge in [0.2, 0.25) is 5.91 Å². The van der Waals surface area contributed by atoms with Gasteiger partial charge in [-0.15, -0.1) is 0 Å².